The molecule has 1 aromatic heterocycles. The van der Waals surface area contributed by atoms with Crippen molar-refractivity contribution < 1.29 is 9.59 Å². The van der Waals surface area contributed by atoms with E-state index < -0.39 is 0 Å². The lowest BCUT2D eigenvalue weighted by Crippen LogP contribution is -2.48. The third-order valence-electron chi connectivity index (χ3n) is 4.75. The number of nitrogens with zero attached hydrogens (tertiary/aromatic N) is 2. The van der Waals surface area contributed by atoms with Gasteiger partial charge in [0, 0.05) is 32.0 Å². The summed E-state index contributed by atoms with van der Waals surface area (Å²) in [7, 11) is 1.78. The van der Waals surface area contributed by atoms with Crippen molar-refractivity contribution in [3.63, 3.8) is 0 Å². The average molecular weight is 340 g/mol. The first-order valence-corrected chi connectivity index (χ1v) is 8.75. The van der Waals surface area contributed by atoms with Crippen LogP contribution >= 0.6 is 0 Å². The van der Waals surface area contributed by atoms with Gasteiger partial charge in [-0.15, -0.1) is 0 Å². The van der Waals surface area contributed by atoms with Crippen LogP contribution in [0.3, 0.4) is 0 Å². The van der Waals surface area contributed by atoms with E-state index in [2.05, 4.69) is 15.6 Å². The Morgan fingerprint density at radius 3 is 2.68 bits per heavy atom. The highest BCUT2D eigenvalue weighted by molar-refractivity contribution is 5.91. The molecule has 1 fully saturated rings. The van der Waals surface area contributed by atoms with Gasteiger partial charge < -0.3 is 15.2 Å². The Balaban J connectivity index is 1.61. The van der Waals surface area contributed by atoms with Gasteiger partial charge in [-0.05, 0) is 18.4 Å². The van der Waals surface area contributed by atoms with Gasteiger partial charge in [-0.2, -0.15) is 0 Å². The number of nitrogens with one attached hydrogen (secondary N) is 2. The zero-order valence-electron chi connectivity index (χ0n) is 14.4. The number of hydrogen-bond acceptors (Lipinski definition) is 3. The zero-order valence-corrected chi connectivity index (χ0v) is 14.4. The van der Waals surface area contributed by atoms with Crippen molar-refractivity contribution in [2.24, 2.45) is 13.0 Å². The van der Waals surface area contributed by atoms with Crippen LogP contribution in [-0.4, -0.2) is 27.4 Å². The highest BCUT2D eigenvalue weighted by atomic mass is 16.2. The number of hydrogen-bond donors (Lipinski definition) is 2. The quantitative estimate of drug-likeness (QED) is 0.874. The van der Waals surface area contributed by atoms with Gasteiger partial charge in [0.1, 0.15) is 0 Å². The van der Waals surface area contributed by atoms with Crippen molar-refractivity contribution >= 4 is 11.8 Å². The Morgan fingerprint density at radius 2 is 1.96 bits per heavy atom. The highest BCUT2D eigenvalue weighted by Crippen LogP contribution is 2.25. The molecular formula is C19H24N4O2. The van der Waals surface area contributed by atoms with Gasteiger partial charge in [0.25, 0.3) is 5.91 Å². The number of benzene rings is 1. The second-order valence-electron chi connectivity index (χ2n) is 6.54. The summed E-state index contributed by atoms with van der Waals surface area (Å²) in [5.74, 6) is -0.0374. The van der Waals surface area contributed by atoms with E-state index in [-0.39, 0.29) is 23.8 Å². The minimum absolute atomic E-state index is 0.00805. The minimum Gasteiger partial charge on any atom is -0.352 e. The number of amides is 2. The van der Waals surface area contributed by atoms with Crippen LogP contribution in [-0.2, 0) is 18.4 Å². The molecule has 1 aliphatic carbocycles. The summed E-state index contributed by atoms with van der Waals surface area (Å²) in [6, 6.07) is 9.70. The van der Waals surface area contributed by atoms with Gasteiger partial charge in [-0.3, -0.25) is 9.59 Å². The first-order valence-electron chi connectivity index (χ1n) is 8.75. The number of imidazole rings is 1. The minimum atomic E-state index is -0.222. The molecule has 6 nitrogen and oxygen atoms in total. The van der Waals surface area contributed by atoms with E-state index >= 15 is 0 Å². The van der Waals surface area contributed by atoms with E-state index in [0.717, 1.165) is 31.2 Å². The predicted molar refractivity (Wildman–Crippen MR) is 94.7 cm³/mol. The number of aromatic nitrogens is 2. The fourth-order valence-corrected chi connectivity index (χ4v) is 3.35. The first-order chi connectivity index (χ1) is 12.1. The van der Waals surface area contributed by atoms with Crippen molar-refractivity contribution in [3.8, 4) is 0 Å². The predicted octanol–water partition coefficient (Wildman–Crippen LogP) is 2.03. The fraction of sp³-hybridized carbons (Fsp3) is 0.421. The first kappa shape index (κ1) is 17.2. The smallest absolute Gasteiger partial charge is 0.287 e. The van der Waals surface area contributed by atoms with E-state index in [4.69, 9.17) is 0 Å². The number of rotatable bonds is 5. The van der Waals surface area contributed by atoms with Crippen LogP contribution in [0.5, 0.6) is 0 Å². The molecule has 0 bridgehead atoms. The lowest BCUT2D eigenvalue weighted by atomic mass is 9.83. The average Bonchev–Trinajstić information content (AvgIpc) is 3.07. The van der Waals surface area contributed by atoms with Crippen LogP contribution in [0.1, 0.15) is 41.9 Å². The van der Waals surface area contributed by atoms with Gasteiger partial charge in [-0.25, -0.2) is 4.98 Å². The Labute approximate surface area is 147 Å². The van der Waals surface area contributed by atoms with Crippen LogP contribution in [0.4, 0.5) is 0 Å². The van der Waals surface area contributed by atoms with Crippen molar-refractivity contribution in [3.05, 3.63) is 54.1 Å². The molecular weight excluding hydrogens is 316 g/mol. The van der Waals surface area contributed by atoms with Gasteiger partial charge in [0.15, 0.2) is 5.82 Å². The molecule has 1 saturated carbocycles. The lowest BCUT2D eigenvalue weighted by Gasteiger charge is -2.31. The van der Waals surface area contributed by atoms with E-state index in [1.807, 2.05) is 30.3 Å². The summed E-state index contributed by atoms with van der Waals surface area (Å²) >= 11 is 0. The summed E-state index contributed by atoms with van der Waals surface area (Å²) in [4.78, 5) is 29.1. The second kappa shape index (κ2) is 7.96. The molecule has 0 spiro atoms. The van der Waals surface area contributed by atoms with Crippen LogP contribution in [0, 0.1) is 5.92 Å². The largest absolute Gasteiger partial charge is 0.352 e. The lowest BCUT2D eigenvalue weighted by molar-refractivity contribution is -0.126. The van der Waals surface area contributed by atoms with Gasteiger partial charge in [0.05, 0.1) is 5.92 Å². The van der Waals surface area contributed by atoms with Gasteiger partial charge in [-0.1, -0.05) is 43.2 Å². The molecule has 2 atom stereocenters. The molecule has 132 valence electrons. The van der Waals surface area contributed by atoms with Crippen LogP contribution in [0.25, 0.3) is 0 Å². The molecule has 3 rings (SSSR count). The maximum Gasteiger partial charge on any atom is 0.287 e. The fourth-order valence-electron chi connectivity index (χ4n) is 3.35. The highest BCUT2D eigenvalue weighted by Gasteiger charge is 2.32. The summed E-state index contributed by atoms with van der Waals surface area (Å²) < 4.78 is 1.68. The topological polar surface area (TPSA) is 76.0 Å². The molecule has 6 heteroatoms. The molecule has 2 aromatic rings. The number of carbonyl (C=O) groups is 2. The van der Waals surface area contributed by atoms with E-state index in [9.17, 15) is 9.59 Å². The van der Waals surface area contributed by atoms with Crippen LogP contribution in [0.15, 0.2) is 42.7 Å². The molecule has 2 N–H and O–H groups in total. The maximum atomic E-state index is 12.6. The SMILES string of the molecule is Cn1ccnc1C(=O)N[C@@H]1CCCC[C@@H]1C(=O)NCc1ccccc1. The van der Waals surface area contributed by atoms with E-state index in [0.29, 0.717) is 12.4 Å². The van der Waals surface area contributed by atoms with Crippen molar-refractivity contribution in [1.82, 2.24) is 20.2 Å². The standard InChI is InChI=1S/C19H24N4O2/c1-23-12-11-20-17(23)19(25)22-16-10-6-5-9-15(16)18(24)21-13-14-7-3-2-4-8-14/h2-4,7-8,11-12,15-16H,5-6,9-10,13H2,1H3,(H,21,24)(H,22,25)/t15-,16+/m0/s1. The number of aryl methyl sites for hydroxylation is 1. The third-order valence-corrected chi connectivity index (χ3v) is 4.75. The monoisotopic (exact) mass is 340 g/mol. The van der Waals surface area contributed by atoms with Crippen LogP contribution in [0.2, 0.25) is 0 Å². The Kier molecular flexibility index (Phi) is 5.48. The molecule has 25 heavy (non-hydrogen) atoms. The maximum absolute atomic E-state index is 12.6. The molecule has 0 unspecified atom stereocenters. The normalized spacial score (nSPS) is 20.0. The molecule has 1 aromatic carbocycles. The molecule has 0 aliphatic heterocycles. The summed E-state index contributed by atoms with van der Waals surface area (Å²) in [5.41, 5.74) is 1.07. The van der Waals surface area contributed by atoms with Crippen LogP contribution < -0.4 is 10.6 Å². The Morgan fingerprint density at radius 1 is 1.20 bits per heavy atom. The number of carbonyl (C=O) groups excluding carboxylic acids is 2. The van der Waals surface area contributed by atoms with E-state index in [1.165, 1.54) is 0 Å². The molecule has 1 aliphatic rings. The Bertz CT molecular complexity index is 726. The van der Waals surface area contributed by atoms with Crippen molar-refractivity contribution in [2.75, 3.05) is 0 Å². The van der Waals surface area contributed by atoms with Gasteiger partial charge in [0.2, 0.25) is 5.91 Å². The molecule has 2 amide bonds. The van der Waals surface area contributed by atoms with Crippen molar-refractivity contribution in [2.45, 2.75) is 38.3 Å². The van der Waals surface area contributed by atoms with E-state index in [1.54, 1.807) is 24.0 Å². The van der Waals surface area contributed by atoms with Gasteiger partial charge >= 0.3 is 0 Å². The summed E-state index contributed by atoms with van der Waals surface area (Å²) in [6.07, 6.45) is 6.98. The second-order valence-corrected chi connectivity index (χ2v) is 6.54. The molecule has 0 saturated heterocycles. The summed E-state index contributed by atoms with van der Waals surface area (Å²) in [5, 5.41) is 6.02. The summed E-state index contributed by atoms with van der Waals surface area (Å²) in [6.45, 7) is 0.510. The molecule has 1 heterocycles. The van der Waals surface area contributed by atoms with Crippen molar-refractivity contribution in [1.29, 1.82) is 0 Å². The Hall–Kier alpha value is -2.63. The zero-order chi connectivity index (χ0) is 17.6. The third kappa shape index (κ3) is 4.26. The molecule has 0 radical (unpaired) electrons.